The molecule has 0 amide bonds. The van der Waals surface area contributed by atoms with Crippen LogP contribution in [-0.4, -0.2) is 47.5 Å². The summed E-state index contributed by atoms with van der Waals surface area (Å²) in [5.41, 5.74) is -1.02. The molecule has 2 aromatic carbocycles. The Hall–Kier alpha value is -4.70. The maximum Gasteiger partial charge on any atom is 0.331 e. The van der Waals surface area contributed by atoms with E-state index in [1.807, 2.05) is 0 Å². The van der Waals surface area contributed by atoms with Gasteiger partial charge in [0.2, 0.25) is 0 Å². The Bertz CT molecular complexity index is 1490. The number of aldehydes is 1. The molecule has 224 valence electrons. The minimum Gasteiger partial charge on any atom is -0.494 e. The van der Waals surface area contributed by atoms with E-state index in [-0.39, 0.29) is 34.3 Å². The second-order valence-corrected chi connectivity index (χ2v) is 10.6. The number of nitro benzene ring substituents is 1. The first-order valence-electron chi connectivity index (χ1n) is 13.7. The number of hydrogen-bond acceptors (Lipinski definition) is 8. The smallest absolute Gasteiger partial charge is 0.331 e. The largest absolute Gasteiger partial charge is 0.494 e. The number of carbonyl (C=O) groups is 3. The third-order valence-electron chi connectivity index (χ3n) is 7.51. The fourth-order valence-electron chi connectivity index (χ4n) is 5.43. The van der Waals surface area contributed by atoms with Gasteiger partial charge in [-0.15, -0.1) is 0 Å². The lowest BCUT2D eigenvalue weighted by Gasteiger charge is -2.41. The Morgan fingerprint density at radius 1 is 1.07 bits per heavy atom. The summed E-state index contributed by atoms with van der Waals surface area (Å²) in [5.74, 6) is -2.00. The van der Waals surface area contributed by atoms with Crippen LogP contribution in [0.5, 0.6) is 0 Å². The van der Waals surface area contributed by atoms with Crippen molar-refractivity contribution in [1.29, 1.82) is 0 Å². The summed E-state index contributed by atoms with van der Waals surface area (Å²) < 4.78 is 11.7. The lowest BCUT2D eigenvalue weighted by Crippen LogP contribution is -2.54. The minimum atomic E-state index is -2.06. The first kappa shape index (κ1) is 31.2. The van der Waals surface area contributed by atoms with Crippen LogP contribution in [0, 0.1) is 10.1 Å². The van der Waals surface area contributed by atoms with Gasteiger partial charge in [0.15, 0.2) is 11.5 Å². The number of nitro groups is 1. The van der Waals surface area contributed by atoms with Crippen molar-refractivity contribution in [2.45, 2.75) is 49.7 Å². The molecule has 0 radical (unpaired) electrons. The number of non-ortho nitro benzene ring substituents is 1. The summed E-state index contributed by atoms with van der Waals surface area (Å²) in [6, 6.07) is 11.7. The van der Waals surface area contributed by atoms with Crippen molar-refractivity contribution in [3.8, 4) is 0 Å². The van der Waals surface area contributed by atoms with Gasteiger partial charge in [0, 0.05) is 34.8 Å². The van der Waals surface area contributed by atoms with E-state index >= 15 is 0 Å². The fraction of sp³-hybridized carbons (Fsp3) is 0.281. The zero-order valence-electron chi connectivity index (χ0n) is 23.4. The summed E-state index contributed by atoms with van der Waals surface area (Å²) in [5, 5.41) is 26.2. The number of carboxylic acids is 1. The van der Waals surface area contributed by atoms with Crippen LogP contribution >= 0.6 is 11.6 Å². The van der Waals surface area contributed by atoms with E-state index in [0.717, 1.165) is 32.1 Å². The minimum absolute atomic E-state index is 0.0579. The highest BCUT2D eigenvalue weighted by Gasteiger charge is 2.54. The monoisotopic (exact) mass is 606 g/mol. The van der Waals surface area contributed by atoms with E-state index in [0.29, 0.717) is 16.9 Å². The van der Waals surface area contributed by atoms with Crippen LogP contribution < -0.4 is 5.32 Å². The van der Waals surface area contributed by atoms with Gasteiger partial charge in [-0.05, 0) is 60.4 Å². The molecule has 0 bridgehead atoms. The van der Waals surface area contributed by atoms with Gasteiger partial charge >= 0.3 is 11.9 Å². The molecule has 0 aromatic heterocycles. The van der Waals surface area contributed by atoms with Gasteiger partial charge in [0.05, 0.1) is 17.7 Å². The number of halogens is 1. The van der Waals surface area contributed by atoms with Crippen LogP contribution in [0.2, 0.25) is 5.02 Å². The Labute approximate surface area is 253 Å². The van der Waals surface area contributed by atoms with Crippen LogP contribution in [0.15, 0.2) is 89.9 Å². The number of carbonyl (C=O) groups excluding carboxylic acids is 2. The van der Waals surface area contributed by atoms with Crippen LogP contribution in [0.4, 0.5) is 5.69 Å². The second kappa shape index (κ2) is 14.0. The number of nitrogens with one attached hydrogen (secondary N) is 1. The summed E-state index contributed by atoms with van der Waals surface area (Å²) >= 11 is 5.95. The molecule has 0 saturated heterocycles. The summed E-state index contributed by atoms with van der Waals surface area (Å²) in [6.07, 6.45) is 10.3. The Kier molecular flexibility index (Phi) is 10.2. The molecule has 2 aromatic rings. The summed E-state index contributed by atoms with van der Waals surface area (Å²) in [7, 11) is 1.40. The van der Waals surface area contributed by atoms with Crippen molar-refractivity contribution < 1.29 is 33.9 Å². The van der Waals surface area contributed by atoms with Gasteiger partial charge < -0.3 is 19.9 Å². The van der Waals surface area contributed by atoms with Gasteiger partial charge in [0.1, 0.15) is 12.0 Å². The Morgan fingerprint density at radius 3 is 2.33 bits per heavy atom. The molecule has 11 heteroatoms. The lowest BCUT2D eigenvalue weighted by atomic mass is 9.69. The van der Waals surface area contributed by atoms with Crippen molar-refractivity contribution in [2.75, 3.05) is 7.11 Å². The van der Waals surface area contributed by atoms with Gasteiger partial charge in [-0.2, -0.15) is 0 Å². The van der Waals surface area contributed by atoms with E-state index in [4.69, 9.17) is 21.1 Å². The van der Waals surface area contributed by atoms with Crippen molar-refractivity contribution in [1.82, 2.24) is 5.32 Å². The van der Waals surface area contributed by atoms with E-state index in [2.05, 4.69) is 5.32 Å². The Morgan fingerprint density at radius 2 is 1.74 bits per heavy atom. The van der Waals surface area contributed by atoms with Crippen molar-refractivity contribution in [3.05, 3.63) is 116 Å². The zero-order chi connectivity index (χ0) is 31.0. The summed E-state index contributed by atoms with van der Waals surface area (Å²) in [6.45, 7) is 0. The SMILES string of the molecule is COC1=C(NC2CCCCC2)C(OC(=O)/C=C/c2ccc(Cl)cc2)C(C(=O)O)(c2ccc([N+](=O)[O-])cc2)C=C1/C=C\C=O. The number of nitrogens with zero attached hydrogens (tertiary/aromatic N) is 1. The predicted molar refractivity (Wildman–Crippen MR) is 160 cm³/mol. The molecular formula is C32H31ClN2O8. The van der Waals surface area contributed by atoms with Crippen LogP contribution in [0.3, 0.4) is 0 Å². The third-order valence-corrected chi connectivity index (χ3v) is 7.77. The fourth-order valence-corrected chi connectivity index (χ4v) is 5.55. The average Bonchev–Trinajstić information content (AvgIpc) is 3.01. The average molecular weight is 607 g/mol. The molecule has 4 rings (SSSR count). The van der Waals surface area contributed by atoms with E-state index in [9.17, 15) is 29.6 Å². The van der Waals surface area contributed by atoms with Gasteiger partial charge in [-0.1, -0.05) is 55.1 Å². The molecule has 2 aliphatic carbocycles. The highest BCUT2D eigenvalue weighted by Crippen LogP contribution is 2.44. The van der Waals surface area contributed by atoms with Crippen LogP contribution in [0.1, 0.15) is 43.2 Å². The normalized spacial score (nSPS) is 21.0. The number of ether oxygens (including phenoxy) is 2. The molecule has 1 fully saturated rings. The quantitative estimate of drug-likeness (QED) is 0.109. The molecular weight excluding hydrogens is 576 g/mol. The number of aliphatic carboxylic acids is 1. The van der Waals surface area contributed by atoms with E-state index in [1.54, 1.807) is 24.3 Å². The summed E-state index contributed by atoms with van der Waals surface area (Å²) in [4.78, 5) is 48.7. The maximum absolute atomic E-state index is 13.4. The van der Waals surface area contributed by atoms with Gasteiger partial charge in [-0.25, -0.2) is 4.79 Å². The molecule has 2 aliphatic rings. The van der Waals surface area contributed by atoms with Crippen molar-refractivity contribution in [2.24, 2.45) is 0 Å². The molecule has 0 heterocycles. The molecule has 43 heavy (non-hydrogen) atoms. The standard InChI is InChI=1S/C32H31ClN2O8/c1-42-29-22(6-5-19-36)20-32(31(38)39,23-12-16-26(17-13-23)35(40)41)30(28(29)34-25-7-3-2-4-8-25)43-27(37)18-11-21-9-14-24(33)15-10-21/h5-6,9-20,25,30,34H,2-4,7-8H2,1H3,(H,38,39)/b6-5-,18-11+. The number of hydrogen-bond donors (Lipinski definition) is 2. The molecule has 2 unspecified atom stereocenters. The van der Waals surface area contributed by atoms with Crippen molar-refractivity contribution in [3.63, 3.8) is 0 Å². The number of allylic oxidation sites excluding steroid dienone is 2. The first-order chi connectivity index (χ1) is 20.7. The lowest BCUT2D eigenvalue weighted by molar-refractivity contribution is -0.384. The van der Waals surface area contributed by atoms with Crippen LogP contribution in [0.25, 0.3) is 6.08 Å². The number of methoxy groups -OCH3 is 1. The molecule has 1 saturated carbocycles. The highest BCUT2D eigenvalue weighted by atomic mass is 35.5. The zero-order valence-corrected chi connectivity index (χ0v) is 24.2. The number of carboxylic acid groups (broad SMARTS) is 1. The third kappa shape index (κ3) is 7.03. The van der Waals surface area contributed by atoms with Gasteiger partial charge in [-0.3, -0.25) is 19.7 Å². The second-order valence-electron chi connectivity index (χ2n) is 10.2. The number of benzene rings is 2. The number of esters is 1. The molecule has 0 spiro atoms. The molecule has 2 N–H and O–H groups in total. The highest BCUT2D eigenvalue weighted by molar-refractivity contribution is 6.30. The first-order valence-corrected chi connectivity index (χ1v) is 14.1. The van der Waals surface area contributed by atoms with E-state index < -0.39 is 28.4 Å². The molecule has 10 nitrogen and oxygen atoms in total. The van der Waals surface area contributed by atoms with Gasteiger partial charge in [0.25, 0.3) is 5.69 Å². The number of rotatable bonds is 11. The molecule has 2 atom stereocenters. The topological polar surface area (TPSA) is 145 Å². The van der Waals surface area contributed by atoms with Crippen molar-refractivity contribution >= 4 is 41.6 Å². The van der Waals surface area contributed by atoms with Crippen LogP contribution in [-0.2, 0) is 29.3 Å². The van der Waals surface area contributed by atoms with E-state index in [1.165, 1.54) is 61.8 Å². The predicted octanol–water partition coefficient (Wildman–Crippen LogP) is 5.67. The molecule has 0 aliphatic heterocycles. The maximum atomic E-state index is 13.4. The Balaban J connectivity index is 1.89.